The molecule has 1 saturated heterocycles. The van der Waals surface area contributed by atoms with Gasteiger partial charge in [-0.3, -0.25) is 9.58 Å². The molecule has 6 nitrogen and oxygen atoms in total. The highest BCUT2D eigenvalue weighted by Gasteiger charge is 2.13. The first-order valence-electron chi connectivity index (χ1n) is 10.1. The molecule has 0 amide bonds. The smallest absolute Gasteiger partial charge is 0.128 e. The van der Waals surface area contributed by atoms with Crippen LogP contribution in [0.5, 0.6) is 5.75 Å². The second kappa shape index (κ2) is 8.71. The lowest BCUT2D eigenvalue weighted by Gasteiger charge is -2.26. The van der Waals surface area contributed by atoms with Crippen LogP contribution in [0.25, 0.3) is 22.3 Å². The van der Waals surface area contributed by atoms with Crippen LogP contribution in [0.1, 0.15) is 18.9 Å². The number of aromatic nitrogens is 3. The highest BCUT2D eigenvalue weighted by molar-refractivity contribution is 5.82. The fourth-order valence-electron chi connectivity index (χ4n) is 3.78. The number of rotatable bonds is 7. The molecule has 2 aromatic heterocycles. The molecule has 4 rings (SSSR count). The van der Waals surface area contributed by atoms with Crippen LogP contribution < -0.4 is 4.74 Å². The predicted octanol–water partition coefficient (Wildman–Crippen LogP) is 3.53. The second-order valence-corrected chi connectivity index (χ2v) is 7.17. The van der Waals surface area contributed by atoms with E-state index in [1.54, 1.807) is 0 Å². The fourth-order valence-corrected chi connectivity index (χ4v) is 3.78. The highest BCUT2D eigenvalue weighted by Crippen LogP contribution is 2.31. The molecule has 0 aliphatic carbocycles. The number of benzene rings is 1. The number of hydrogen-bond donors (Lipinski definition) is 0. The van der Waals surface area contributed by atoms with Crippen molar-refractivity contribution < 1.29 is 9.47 Å². The molecule has 1 fully saturated rings. The number of aryl methyl sites for hydroxylation is 2. The zero-order valence-electron chi connectivity index (χ0n) is 16.7. The summed E-state index contributed by atoms with van der Waals surface area (Å²) in [5.74, 6) is 0.888. The quantitative estimate of drug-likeness (QED) is 0.587. The van der Waals surface area contributed by atoms with E-state index in [9.17, 15) is 0 Å². The number of ether oxygens (including phenoxy) is 2. The van der Waals surface area contributed by atoms with Crippen LogP contribution in [-0.4, -0.2) is 59.1 Å². The minimum atomic E-state index is 0.698. The van der Waals surface area contributed by atoms with Gasteiger partial charge in [-0.05, 0) is 44.0 Å². The van der Waals surface area contributed by atoms with Crippen molar-refractivity contribution in [2.75, 3.05) is 39.5 Å². The molecule has 3 heterocycles. The highest BCUT2D eigenvalue weighted by atomic mass is 16.5. The Morgan fingerprint density at radius 2 is 2.00 bits per heavy atom. The maximum atomic E-state index is 6.14. The molecule has 28 heavy (non-hydrogen) atoms. The van der Waals surface area contributed by atoms with E-state index in [1.165, 1.54) is 5.56 Å². The molecule has 0 bridgehead atoms. The summed E-state index contributed by atoms with van der Waals surface area (Å²) in [6.45, 7) is 10.5. The van der Waals surface area contributed by atoms with Gasteiger partial charge in [0, 0.05) is 31.7 Å². The third-order valence-corrected chi connectivity index (χ3v) is 5.23. The minimum absolute atomic E-state index is 0.698. The second-order valence-electron chi connectivity index (χ2n) is 7.17. The topological polar surface area (TPSA) is 52.4 Å². The van der Waals surface area contributed by atoms with Crippen LogP contribution >= 0.6 is 0 Å². The van der Waals surface area contributed by atoms with E-state index in [2.05, 4.69) is 36.0 Å². The van der Waals surface area contributed by atoms with Gasteiger partial charge in [0.25, 0.3) is 0 Å². The summed E-state index contributed by atoms with van der Waals surface area (Å²) in [5.41, 5.74) is 5.18. The van der Waals surface area contributed by atoms with Crippen molar-refractivity contribution in [2.24, 2.45) is 0 Å². The summed E-state index contributed by atoms with van der Waals surface area (Å²) in [6, 6.07) is 10.3. The summed E-state index contributed by atoms with van der Waals surface area (Å²) in [7, 11) is 0. The summed E-state index contributed by atoms with van der Waals surface area (Å²) >= 11 is 0. The molecule has 0 atom stereocenters. The van der Waals surface area contributed by atoms with Gasteiger partial charge in [0.05, 0.1) is 37.2 Å². The Labute approximate surface area is 166 Å². The van der Waals surface area contributed by atoms with Crippen LogP contribution in [0, 0.1) is 6.92 Å². The van der Waals surface area contributed by atoms with Gasteiger partial charge in [-0.1, -0.05) is 12.1 Å². The van der Waals surface area contributed by atoms with E-state index < -0.39 is 0 Å². The first-order valence-corrected chi connectivity index (χ1v) is 10.1. The Bertz CT molecular complexity index is 931. The molecule has 1 aromatic carbocycles. The maximum absolute atomic E-state index is 6.14. The van der Waals surface area contributed by atoms with E-state index >= 15 is 0 Å². The van der Waals surface area contributed by atoms with Crippen LogP contribution in [0.4, 0.5) is 0 Å². The van der Waals surface area contributed by atoms with Crippen molar-refractivity contribution in [3.8, 4) is 17.0 Å². The van der Waals surface area contributed by atoms with Crippen molar-refractivity contribution in [3.05, 3.63) is 42.1 Å². The largest absolute Gasteiger partial charge is 0.493 e. The molecule has 0 saturated carbocycles. The first-order chi connectivity index (χ1) is 13.8. The lowest BCUT2D eigenvalue weighted by molar-refractivity contribution is 0.0358. The third kappa shape index (κ3) is 4.03. The zero-order chi connectivity index (χ0) is 19.3. The standard InChI is InChI=1S/C22H28N4O2/c1-3-26-22-17(2)15-19(24-20(22)16-23-26)18-7-4-5-8-21(18)28-12-6-9-25-10-13-27-14-11-25/h4-5,7-8,15-16H,3,6,9-14H2,1-2H3. The van der Waals surface area contributed by atoms with E-state index in [4.69, 9.17) is 14.5 Å². The maximum Gasteiger partial charge on any atom is 0.128 e. The molecule has 1 aliphatic rings. The van der Waals surface area contributed by atoms with Gasteiger partial charge in [0.15, 0.2) is 0 Å². The monoisotopic (exact) mass is 380 g/mol. The Morgan fingerprint density at radius 1 is 1.18 bits per heavy atom. The molecule has 0 N–H and O–H groups in total. The van der Waals surface area contributed by atoms with Gasteiger partial charge in [0.2, 0.25) is 0 Å². The molecule has 0 radical (unpaired) electrons. The third-order valence-electron chi connectivity index (χ3n) is 5.23. The summed E-state index contributed by atoms with van der Waals surface area (Å²) in [5, 5.41) is 4.45. The SMILES string of the molecule is CCn1ncc2nc(-c3ccccc3OCCCN3CCOCC3)cc(C)c21. The normalized spacial score (nSPS) is 15.2. The molecule has 0 unspecified atom stereocenters. The summed E-state index contributed by atoms with van der Waals surface area (Å²) in [6.07, 6.45) is 2.85. The van der Waals surface area contributed by atoms with Gasteiger partial charge < -0.3 is 9.47 Å². The van der Waals surface area contributed by atoms with Crippen LogP contribution in [0.2, 0.25) is 0 Å². The molecular formula is C22H28N4O2. The predicted molar refractivity (Wildman–Crippen MR) is 111 cm³/mol. The van der Waals surface area contributed by atoms with Crippen LogP contribution in [-0.2, 0) is 11.3 Å². The number of pyridine rings is 1. The van der Waals surface area contributed by atoms with E-state index in [0.717, 1.165) is 73.9 Å². The van der Waals surface area contributed by atoms with Gasteiger partial charge >= 0.3 is 0 Å². The lowest BCUT2D eigenvalue weighted by atomic mass is 10.1. The zero-order valence-corrected chi connectivity index (χ0v) is 16.7. The van der Waals surface area contributed by atoms with E-state index in [1.807, 2.05) is 29.1 Å². The van der Waals surface area contributed by atoms with E-state index in [-0.39, 0.29) is 0 Å². The van der Waals surface area contributed by atoms with Crippen LogP contribution in [0.15, 0.2) is 36.5 Å². The Balaban J connectivity index is 1.49. The number of nitrogens with zero attached hydrogens (tertiary/aromatic N) is 4. The number of hydrogen-bond acceptors (Lipinski definition) is 5. The van der Waals surface area contributed by atoms with Crippen molar-refractivity contribution >= 4 is 11.0 Å². The van der Waals surface area contributed by atoms with Gasteiger partial charge in [-0.25, -0.2) is 4.98 Å². The van der Waals surface area contributed by atoms with Crippen molar-refractivity contribution in [2.45, 2.75) is 26.8 Å². The fraction of sp³-hybridized carbons (Fsp3) is 0.455. The van der Waals surface area contributed by atoms with E-state index in [0.29, 0.717) is 6.61 Å². The molecule has 148 valence electrons. The number of fused-ring (bicyclic) bond motifs is 1. The van der Waals surface area contributed by atoms with Gasteiger partial charge in [-0.2, -0.15) is 5.10 Å². The molecule has 1 aliphatic heterocycles. The molecular weight excluding hydrogens is 352 g/mol. The van der Waals surface area contributed by atoms with Crippen molar-refractivity contribution in [1.29, 1.82) is 0 Å². The van der Waals surface area contributed by atoms with Gasteiger partial charge in [0.1, 0.15) is 11.3 Å². The molecule has 6 heteroatoms. The van der Waals surface area contributed by atoms with Crippen molar-refractivity contribution in [3.63, 3.8) is 0 Å². The number of para-hydroxylation sites is 1. The minimum Gasteiger partial charge on any atom is -0.493 e. The number of morpholine rings is 1. The van der Waals surface area contributed by atoms with Crippen molar-refractivity contribution in [1.82, 2.24) is 19.7 Å². The first kappa shape index (κ1) is 18.9. The molecule has 3 aromatic rings. The average Bonchev–Trinajstić information content (AvgIpc) is 3.16. The summed E-state index contributed by atoms with van der Waals surface area (Å²) in [4.78, 5) is 7.29. The Kier molecular flexibility index (Phi) is 5.88. The lowest BCUT2D eigenvalue weighted by Crippen LogP contribution is -2.37. The average molecular weight is 380 g/mol. The van der Waals surface area contributed by atoms with Crippen LogP contribution in [0.3, 0.4) is 0 Å². The summed E-state index contributed by atoms with van der Waals surface area (Å²) < 4.78 is 13.5. The molecule has 0 spiro atoms. The van der Waals surface area contributed by atoms with Gasteiger partial charge in [-0.15, -0.1) is 0 Å². The Hall–Kier alpha value is -2.44. The Morgan fingerprint density at radius 3 is 2.82 bits per heavy atom.